The molecule has 0 aliphatic heterocycles. The Balaban J connectivity index is 1.74. The first kappa shape index (κ1) is 15.0. The molecule has 110 valence electrons. The highest BCUT2D eigenvalue weighted by Gasteiger charge is 2.19. The Morgan fingerprint density at radius 1 is 1.20 bits per heavy atom. The third-order valence-electron chi connectivity index (χ3n) is 4.29. The second-order valence-electron chi connectivity index (χ2n) is 5.81. The van der Waals surface area contributed by atoms with Crippen LogP contribution in [0.5, 0.6) is 0 Å². The second-order valence-corrected chi connectivity index (χ2v) is 5.81. The third-order valence-corrected chi connectivity index (χ3v) is 4.29. The molecule has 1 aromatic rings. The van der Waals surface area contributed by atoms with Crippen LogP contribution in [0.4, 0.5) is 5.69 Å². The average Bonchev–Trinajstić information content (AvgIpc) is 2.47. The molecule has 1 aliphatic carbocycles. The molecule has 0 spiro atoms. The Bertz CT molecular complexity index is 423. The quantitative estimate of drug-likeness (QED) is 0.630. The Kier molecular flexibility index (Phi) is 5.53. The molecule has 1 fully saturated rings. The summed E-state index contributed by atoms with van der Waals surface area (Å²) >= 11 is 0. The molecule has 1 aromatic carbocycles. The van der Waals surface area contributed by atoms with Gasteiger partial charge >= 0.3 is 0 Å². The maximum absolute atomic E-state index is 10.6. The molecule has 0 bridgehead atoms. The molecule has 0 unspecified atom stereocenters. The number of benzene rings is 1. The summed E-state index contributed by atoms with van der Waals surface area (Å²) in [7, 11) is 0. The van der Waals surface area contributed by atoms with E-state index < -0.39 is 0 Å². The van der Waals surface area contributed by atoms with Crippen molar-refractivity contribution in [3.63, 3.8) is 0 Å². The van der Waals surface area contributed by atoms with E-state index in [9.17, 15) is 10.1 Å². The first-order chi connectivity index (χ1) is 9.69. The number of nitro groups is 1. The Hall–Kier alpha value is -1.42. The molecule has 2 rings (SSSR count). The molecule has 4 heteroatoms. The van der Waals surface area contributed by atoms with Gasteiger partial charge in [0.15, 0.2) is 0 Å². The van der Waals surface area contributed by atoms with Gasteiger partial charge in [0.05, 0.1) is 4.92 Å². The summed E-state index contributed by atoms with van der Waals surface area (Å²) in [6, 6.07) is 7.45. The molecule has 20 heavy (non-hydrogen) atoms. The highest BCUT2D eigenvalue weighted by Crippen LogP contribution is 2.27. The van der Waals surface area contributed by atoms with Crippen LogP contribution in [0.25, 0.3) is 0 Å². The smallest absolute Gasteiger partial charge is 0.269 e. The summed E-state index contributed by atoms with van der Waals surface area (Å²) in [6.07, 6.45) is 7.87. The molecule has 4 nitrogen and oxygen atoms in total. The lowest BCUT2D eigenvalue weighted by Crippen LogP contribution is -2.32. The van der Waals surface area contributed by atoms with Gasteiger partial charge in [-0.1, -0.05) is 31.9 Å². The van der Waals surface area contributed by atoms with E-state index in [2.05, 4.69) is 12.2 Å². The van der Waals surface area contributed by atoms with Crippen molar-refractivity contribution in [3.05, 3.63) is 39.9 Å². The predicted molar refractivity (Wildman–Crippen MR) is 80.6 cm³/mol. The number of nitro benzene ring substituents is 1. The third kappa shape index (κ3) is 4.30. The largest absolute Gasteiger partial charge is 0.310 e. The zero-order valence-corrected chi connectivity index (χ0v) is 12.2. The topological polar surface area (TPSA) is 55.2 Å². The van der Waals surface area contributed by atoms with Gasteiger partial charge in [0.25, 0.3) is 5.69 Å². The fraction of sp³-hybridized carbons (Fsp3) is 0.625. The zero-order valence-electron chi connectivity index (χ0n) is 12.2. The maximum atomic E-state index is 10.6. The molecule has 1 N–H and O–H groups in total. The molecule has 1 saturated carbocycles. The number of hydrogen-bond donors (Lipinski definition) is 1. The number of hydrogen-bond acceptors (Lipinski definition) is 3. The van der Waals surface area contributed by atoms with Gasteiger partial charge in [-0.05, 0) is 37.2 Å². The van der Waals surface area contributed by atoms with Crippen molar-refractivity contribution in [2.45, 2.75) is 58.0 Å². The number of nitrogens with one attached hydrogen (secondary N) is 1. The molecule has 0 amide bonds. The van der Waals surface area contributed by atoms with E-state index in [-0.39, 0.29) is 10.6 Å². The van der Waals surface area contributed by atoms with E-state index in [0.29, 0.717) is 6.04 Å². The van der Waals surface area contributed by atoms with Crippen LogP contribution in [-0.2, 0) is 6.54 Å². The van der Waals surface area contributed by atoms with Crippen LogP contribution in [0.1, 0.15) is 51.0 Å². The van der Waals surface area contributed by atoms with Gasteiger partial charge in [0, 0.05) is 24.7 Å². The molecule has 0 aromatic heterocycles. The van der Waals surface area contributed by atoms with Gasteiger partial charge in [-0.3, -0.25) is 10.1 Å². The van der Waals surface area contributed by atoms with Crippen molar-refractivity contribution in [3.8, 4) is 0 Å². The highest BCUT2D eigenvalue weighted by atomic mass is 16.6. The van der Waals surface area contributed by atoms with Crippen molar-refractivity contribution < 1.29 is 4.92 Å². The fourth-order valence-electron chi connectivity index (χ4n) is 3.06. The maximum Gasteiger partial charge on any atom is 0.269 e. The van der Waals surface area contributed by atoms with Crippen molar-refractivity contribution in [1.82, 2.24) is 5.32 Å². The van der Waals surface area contributed by atoms with Gasteiger partial charge in [-0.15, -0.1) is 0 Å². The lowest BCUT2D eigenvalue weighted by Gasteiger charge is -2.29. The summed E-state index contributed by atoms with van der Waals surface area (Å²) in [6.45, 7) is 3.07. The van der Waals surface area contributed by atoms with Gasteiger partial charge in [0.2, 0.25) is 0 Å². The van der Waals surface area contributed by atoms with Crippen LogP contribution in [0.3, 0.4) is 0 Å². The van der Waals surface area contributed by atoms with Crippen LogP contribution in [0, 0.1) is 16.0 Å². The van der Waals surface area contributed by atoms with Crippen molar-refractivity contribution in [2.24, 2.45) is 5.92 Å². The minimum Gasteiger partial charge on any atom is -0.310 e. The van der Waals surface area contributed by atoms with E-state index in [4.69, 9.17) is 0 Å². The number of nitrogens with zero attached hydrogens (tertiary/aromatic N) is 1. The van der Waals surface area contributed by atoms with Gasteiger partial charge in [-0.25, -0.2) is 0 Å². The molecular weight excluding hydrogens is 252 g/mol. The van der Waals surface area contributed by atoms with Crippen molar-refractivity contribution in [2.75, 3.05) is 0 Å². The summed E-state index contributed by atoms with van der Waals surface area (Å²) in [5.41, 5.74) is 1.28. The van der Waals surface area contributed by atoms with Gasteiger partial charge < -0.3 is 5.32 Å². The second kappa shape index (κ2) is 7.39. The standard InChI is InChI=1S/C16H24N2O2/c1-2-3-13-4-8-15(9-5-13)17-12-14-6-10-16(11-7-14)18(19)20/h6-7,10-11,13,15,17H,2-5,8-9,12H2,1H3. The lowest BCUT2D eigenvalue weighted by atomic mass is 9.83. The predicted octanol–water partition coefficient (Wildman–Crippen LogP) is 4.04. The SMILES string of the molecule is CCCC1CCC(NCc2ccc([N+](=O)[O-])cc2)CC1. The monoisotopic (exact) mass is 276 g/mol. The highest BCUT2D eigenvalue weighted by molar-refractivity contribution is 5.32. The Labute approximate surface area is 120 Å². The van der Waals surface area contributed by atoms with Crippen molar-refractivity contribution >= 4 is 5.69 Å². The van der Waals surface area contributed by atoms with E-state index in [1.54, 1.807) is 12.1 Å². The zero-order chi connectivity index (χ0) is 14.4. The molecule has 0 heterocycles. The van der Waals surface area contributed by atoms with Gasteiger partial charge in [-0.2, -0.15) is 0 Å². The first-order valence-electron chi connectivity index (χ1n) is 7.65. The van der Waals surface area contributed by atoms with Crippen LogP contribution < -0.4 is 5.32 Å². The summed E-state index contributed by atoms with van der Waals surface area (Å²) in [5, 5.41) is 14.2. The van der Waals surface area contributed by atoms with E-state index in [1.165, 1.54) is 38.5 Å². The van der Waals surface area contributed by atoms with Crippen molar-refractivity contribution in [1.29, 1.82) is 0 Å². The Morgan fingerprint density at radius 3 is 2.40 bits per heavy atom. The average molecular weight is 276 g/mol. The number of non-ortho nitro benzene ring substituents is 1. The summed E-state index contributed by atoms with van der Waals surface area (Å²) in [5.74, 6) is 0.928. The van der Waals surface area contributed by atoms with Crippen LogP contribution in [0.2, 0.25) is 0 Å². The lowest BCUT2D eigenvalue weighted by molar-refractivity contribution is -0.384. The van der Waals surface area contributed by atoms with Crippen LogP contribution in [0.15, 0.2) is 24.3 Å². The molecule has 0 atom stereocenters. The summed E-state index contributed by atoms with van der Waals surface area (Å²) in [4.78, 5) is 10.2. The minimum absolute atomic E-state index is 0.161. The molecule has 0 saturated heterocycles. The van der Waals surface area contributed by atoms with Gasteiger partial charge in [0.1, 0.15) is 0 Å². The first-order valence-corrected chi connectivity index (χ1v) is 7.65. The van der Waals surface area contributed by atoms with E-state index in [1.807, 2.05) is 12.1 Å². The molecule has 1 aliphatic rings. The molecular formula is C16H24N2O2. The van der Waals surface area contributed by atoms with Crippen LogP contribution in [-0.4, -0.2) is 11.0 Å². The van der Waals surface area contributed by atoms with E-state index >= 15 is 0 Å². The molecule has 0 radical (unpaired) electrons. The normalized spacial score (nSPS) is 22.6. The minimum atomic E-state index is -0.355. The Morgan fingerprint density at radius 2 is 1.85 bits per heavy atom. The number of rotatable bonds is 6. The fourth-order valence-corrected chi connectivity index (χ4v) is 3.06. The van der Waals surface area contributed by atoms with Crippen LogP contribution >= 0.6 is 0 Å². The van der Waals surface area contributed by atoms with E-state index in [0.717, 1.165) is 18.0 Å². The summed E-state index contributed by atoms with van der Waals surface area (Å²) < 4.78 is 0.